The Kier molecular flexibility index (Phi) is 3.67. The van der Waals surface area contributed by atoms with Crippen LogP contribution in [0, 0.1) is 5.82 Å². The molecular formula is C14H21FN2. The van der Waals surface area contributed by atoms with E-state index in [0.29, 0.717) is 0 Å². The second-order valence-corrected chi connectivity index (χ2v) is 5.42. The van der Waals surface area contributed by atoms with Crippen LogP contribution in [0.3, 0.4) is 0 Å². The second-order valence-electron chi connectivity index (χ2n) is 5.42. The fourth-order valence-corrected chi connectivity index (χ4v) is 2.36. The van der Waals surface area contributed by atoms with Gasteiger partial charge in [0.25, 0.3) is 0 Å². The molecule has 1 saturated heterocycles. The van der Waals surface area contributed by atoms with E-state index in [1.54, 1.807) is 12.1 Å². The van der Waals surface area contributed by atoms with Crippen molar-refractivity contribution in [3.05, 3.63) is 30.1 Å². The van der Waals surface area contributed by atoms with Gasteiger partial charge in [-0.3, -0.25) is 0 Å². The van der Waals surface area contributed by atoms with Gasteiger partial charge in [-0.2, -0.15) is 0 Å². The summed E-state index contributed by atoms with van der Waals surface area (Å²) in [7, 11) is 0. The summed E-state index contributed by atoms with van der Waals surface area (Å²) in [6.45, 7) is 7.39. The Morgan fingerprint density at radius 3 is 2.88 bits per heavy atom. The minimum atomic E-state index is -0.157. The molecule has 1 aromatic rings. The zero-order chi connectivity index (χ0) is 12.3. The zero-order valence-corrected chi connectivity index (χ0v) is 10.7. The fraction of sp³-hybridized carbons (Fsp3) is 0.571. The van der Waals surface area contributed by atoms with Gasteiger partial charge in [-0.25, -0.2) is 4.39 Å². The van der Waals surface area contributed by atoms with Crippen LogP contribution >= 0.6 is 0 Å². The summed E-state index contributed by atoms with van der Waals surface area (Å²) in [6, 6.07) is 6.89. The molecule has 0 aromatic heterocycles. The molecule has 0 aliphatic carbocycles. The second kappa shape index (κ2) is 5.05. The normalized spacial score (nSPS) is 20.8. The van der Waals surface area contributed by atoms with Crippen molar-refractivity contribution in [1.29, 1.82) is 0 Å². The molecule has 17 heavy (non-hydrogen) atoms. The molecule has 0 atom stereocenters. The zero-order valence-electron chi connectivity index (χ0n) is 10.7. The molecule has 1 N–H and O–H groups in total. The standard InChI is InChI=1S/C14H21FN2/c1-14(2)11-17(9-4-3-8-16-14)13-7-5-6-12(15)10-13/h5-7,10,16H,3-4,8-9,11H2,1-2H3. The molecule has 2 rings (SSSR count). The van der Waals surface area contributed by atoms with Crippen molar-refractivity contribution >= 4 is 5.69 Å². The van der Waals surface area contributed by atoms with Gasteiger partial charge in [0.15, 0.2) is 0 Å². The monoisotopic (exact) mass is 236 g/mol. The van der Waals surface area contributed by atoms with E-state index in [4.69, 9.17) is 0 Å². The number of hydrogen-bond acceptors (Lipinski definition) is 2. The number of benzene rings is 1. The minimum absolute atomic E-state index is 0.0761. The summed E-state index contributed by atoms with van der Waals surface area (Å²) < 4.78 is 13.3. The largest absolute Gasteiger partial charge is 0.370 e. The predicted molar refractivity (Wildman–Crippen MR) is 69.9 cm³/mol. The lowest BCUT2D eigenvalue weighted by Gasteiger charge is -2.37. The summed E-state index contributed by atoms with van der Waals surface area (Å²) in [5.41, 5.74) is 1.06. The van der Waals surface area contributed by atoms with E-state index in [-0.39, 0.29) is 11.4 Å². The summed E-state index contributed by atoms with van der Waals surface area (Å²) in [6.07, 6.45) is 2.33. The topological polar surface area (TPSA) is 15.3 Å². The highest BCUT2D eigenvalue weighted by molar-refractivity contribution is 5.47. The molecule has 0 spiro atoms. The quantitative estimate of drug-likeness (QED) is 0.806. The number of rotatable bonds is 1. The molecule has 0 unspecified atom stereocenters. The number of halogens is 1. The third-order valence-corrected chi connectivity index (χ3v) is 3.22. The van der Waals surface area contributed by atoms with Gasteiger partial charge in [0.1, 0.15) is 5.82 Å². The number of nitrogens with one attached hydrogen (secondary N) is 1. The lowest BCUT2D eigenvalue weighted by Crippen LogP contribution is -2.51. The molecule has 3 heteroatoms. The van der Waals surface area contributed by atoms with Gasteiger partial charge in [-0.15, -0.1) is 0 Å². The lowest BCUT2D eigenvalue weighted by molar-refractivity contribution is 0.364. The van der Waals surface area contributed by atoms with Crippen molar-refractivity contribution in [3.63, 3.8) is 0 Å². The highest BCUT2D eigenvalue weighted by Crippen LogP contribution is 2.20. The molecule has 1 aromatic carbocycles. The van der Waals surface area contributed by atoms with Crippen molar-refractivity contribution in [1.82, 2.24) is 5.32 Å². The van der Waals surface area contributed by atoms with E-state index < -0.39 is 0 Å². The average molecular weight is 236 g/mol. The van der Waals surface area contributed by atoms with Crippen LogP contribution in [-0.4, -0.2) is 25.2 Å². The molecule has 2 nitrogen and oxygen atoms in total. The van der Waals surface area contributed by atoms with Crippen LogP contribution in [0.2, 0.25) is 0 Å². The van der Waals surface area contributed by atoms with Gasteiger partial charge >= 0.3 is 0 Å². The summed E-state index contributed by atoms with van der Waals surface area (Å²) in [4.78, 5) is 2.27. The highest BCUT2D eigenvalue weighted by Gasteiger charge is 2.23. The van der Waals surface area contributed by atoms with E-state index in [1.165, 1.54) is 12.5 Å². The third kappa shape index (κ3) is 3.43. The molecular weight excluding hydrogens is 215 g/mol. The van der Waals surface area contributed by atoms with Crippen molar-refractivity contribution in [2.45, 2.75) is 32.2 Å². The Balaban J connectivity index is 2.17. The molecule has 0 amide bonds. The van der Waals surface area contributed by atoms with Gasteiger partial charge in [0.05, 0.1) is 0 Å². The average Bonchev–Trinajstić information content (AvgIpc) is 2.24. The first kappa shape index (κ1) is 12.4. The van der Waals surface area contributed by atoms with Gasteiger partial charge in [0, 0.05) is 24.3 Å². The van der Waals surface area contributed by atoms with Crippen LogP contribution in [0.5, 0.6) is 0 Å². The third-order valence-electron chi connectivity index (χ3n) is 3.22. The molecule has 0 radical (unpaired) electrons. The minimum Gasteiger partial charge on any atom is -0.370 e. The van der Waals surface area contributed by atoms with Crippen LogP contribution in [0.15, 0.2) is 24.3 Å². The van der Waals surface area contributed by atoms with Crippen LogP contribution < -0.4 is 10.2 Å². The summed E-state index contributed by atoms with van der Waals surface area (Å²) in [5.74, 6) is -0.157. The van der Waals surface area contributed by atoms with E-state index in [9.17, 15) is 4.39 Å². The molecule has 0 saturated carbocycles. The predicted octanol–water partition coefficient (Wildman–Crippen LogP) is 2.79. The highest BCUT2D eigenvalue weighted by atomic mass is 19.1. The Bertz CT molecular complexity index is 376. The number of anilines is 1. The smallest absolute Gasteiger partial charge is 0.125 e. The Morgan fingerprint density at radius 2 is 2.12 bits per heavy atom. The van der Waals surface area contributed by atoms with Crippen LogP contribution in [0.1, 0.15) is 26.7 Å². The lowest BCUT2D eigenvalue weighted by atomic mass is 10.0. The Hall–Kier alpha value is -1.09. The maximum atomic E-state index is 13.3. The molecule has 1 heterocycles. The van der Waals surface area contributed by atoms with E-state index in [1.807, 2.05) is 6.07 Å². The van der Waals surface area contributed by atoms with Crippen molar-refractivity contribution in [3.8, 4) is 0 Å². The van der Waals surface area contributed by atoms with Crippen molar-refractivity contribution < 1.29 is 4.39 Å². The maximum absolute atomic E-state index is 13.3. The fourth-order valence-electron chi connectivity index (χ4n) is 2.36. The molecule has 1 aliphatic rings. The van der Waals surface area contributed by atoms with Gasteiger partial charge in [-0.1, -0.05) is 6.07 Å². The van der Waals surface area contributed by atoms with Crippen LogP contribution in [0.25, 0.3) is 0 Å². The maximum Gasteiger partial charge on any atom is 0.125 e. The molecule has 1 aliphatic heterocycles. The SMILES string of the molecule is CC1(C)CN(c2cccc(F)c2)CCCCN1. The molecule has 0 bridgehead atoms. The summed E-state index contributed by atoms with van der Waals surface area (Å²) in [5, 5.41) is 3.54. The summed E-state index contributed by atoms with van der Waals surface area (Å²) >= 11 is 0. The van der Waals surface area contributed by atoms with Crippen LogP contribution in [0.4, 0.5) is 10.1 Å². The van der Waals surface area contributed by atoms with Crippen molar-refractivity contribution in [2.75, 3.05) is 24.5 Å². The Morgan fingerprint density at radius 1 is 1.29 bits per heavy atom. The van der Waals surface area contributed by atoms with Gasteiger partial charge < -0.3 is 10.2 Å². The number of nitrogens with zero attached hydrogens (tertiary/aromatic N) is 1. The first-order valence-electron chi connectivity index (χ1n) is 6.32. The van der Waals surface area contributed by atoms with Gasteiger partial charge in [0.2, 0.25) is 0 Å². The van der Waals surface area contributed by atoms with E-state index in [2.05, 4.69) is 24.1 Å². The van der Waals surface area contributed by atoms with Crippen LogP contribution in [-0.2, 0) is 0 Å². The Labute approximate surface area is 103 Å². The van der Waals surface area contributed by atoms with Crippen molar-refractivity contribution in [2.24, 2.45) is 0 Å². The van der Waals surface area contributed by atoms with Gasteiger partial charge in [-0.05, 0) is 51.4 Å². The first-order chi connectivity index (χ1) is 8.07. The molecule has 94 valence electrons. The van der Waals surface area contributed by atoms with E-state index in [0.717, 1.165) is 31.7 Å². The number of hydrogen-bond donors (Lipinski definition) is 1. The van der Waals surface area contributed by atoms with E-state index >= 15 is 0 Å². The first-order valence-corrected chi connectivity index (χ1v) is 6.32. The molecule has 1 fully saturated rings.